The second kappa shape index (κ2) is 8.03. The third-order valence-electron chi connectivity index (χ3n) is 3.08. The summed E-state index contributed by atoms with van der Waals surface area (Å²) < 4.78 is 5.26. The molecule has 1 aliphatic rings. The lowest BCUT2D eigenvalue weighted by molar-refractivity contribution is -0.141. The monoisotopic (exact) mass is 255 g/mol. The molecule has 0 spiro atoms. The molecule has 0 aromatic carbocycles. The van der Waals surface area contributed by atoms with E-state index < -0.39 is 11.9 Å². The molecule has 1 N–H and O–H groups in total. The standard InChI is InChI=1S/C12H21N3O3/c1-11(12(16)17)10-15(3-2-13)5-4-14-6-8-18-9-7-14/h11H,3-10H2,1H3,(H,16,17). The van der Waals surface area contributed by atoms with Gasteiger partial charge in [0.15, 0.2) is 0 Å². The second-order valence-corrected chi connectivity index (χ2v) is 4.59. The molecule has 1 atom stereocenters. The van der Waals surface area contributed by atoms with Gasteiger partial charge in [0.1, 0.15) is 0 Å². The Hall–Kier alpha value is -1.16. The van der Waals surface area contributed by atoms with Crippen molar-refractivity contribution in [2.24, 2.45) is 5.92 Å². The molecular weight excluding hydrogens is 234 g/mol. The maximum Gasteiger partial charge on any atom is 0.307 e. The van der Waals surface area contributed by atoms with Crippen LogP contribution in [0.4, 0.5) is 0 Å². The summed E-state index contributed by atoms with van der Waals surface area (Å²) in [7, 11) is 0. The lowest BCUT2D eigenvalue weighted by Crippen LogP contribution is -2.43. The Morgan fingerprint density at radius 2 is 2.22 bits per heavy atom. The Kier molecular flexibility index (Phi) is 6.65. The number of aliphatic carboxylic acids is 1. The summed E-state index contributed by atoms with van der Waals surface area (Å²) in [6.07, 6.45) is 0. The third-order valence-corrected chi connectivity index (χ3v) is 3.08. The van der Waals surface area contributed by atoms with Crippen LogP contribution in [-0.2, 0) is 9.53 Å². The van der Waals surface area contributed by atoms with Crippen molar-refractivity contribution in [3.8, 4) is 6.07 Å². The SMILES string of the molecule is CC(CN(CC#N)CCN1CCOCC1)C(=O)O. The van der Waals surface area contributed by atoms with Crippen molar-refractivity contribution < 1.29 is 14.6 Å². The van der Waals surface area contributed by atoms with Crippen molar-refractivity contribution >= 4 is 5.97 Å². The summed E-state index contributed by atoms with van der Waals surface area (Å²) in [6.45, 7) is 7.29. The molecule has 1 rings (SSSR count). The van der Waals surface area contributed by atoms with Crippen LogP contribution in [0, 0.1) is 17.2 Å². The van der Waals surface area contributed by atoms with E-state index in [4.69, 9.17) is 15.1 Å². The first-order valence-electron chi connectivity index (χ1n) is 6.25. The van der Waals surface area contributed by atoms with Gasteiger partial charge in [0.05, 0.1) is 31.7 Å². The molecule has 0 aromatic heterocycles. The molecule has 0 radical (unpaired) electrons. The van der Waals surface area contributed by atoms with E-state index in [1.807, 2.05) is 4.90 Å². The summed E-state index contributed by atoms with van der Waals surface area (Å²) in [5.74, 6) is -1.26. The highest BCUT2D eigenvalue weighted by molar-refractivity contribution is 5.69. The normalized spacial score (nSPS) is 18.5. The molecule has 1 fully saturated rings. The number of carbonyl (C=O) groups is 1. The quantitative estimate of drug-likeness (QED) is 0.638. The first-order valence-corrected chi connectivity index (χ1v) is 6.25. The number of rotatable bonds is 7. The zero-order valence-corrected chi connectivity index (χ0v) is 10.8. The van der Waals surface area contributed by atoms with Crippen LogP contribution in [-0.4, -0.2) is 73.4 Å². The van der Waals surface area contributed by atoms with Crippen molar-refractivity contribution in [3.63, 3.8) is 0 Å². The van der Waals surface area contributed by atoms with Gasteiger partial charge >= 0.3 is 5.97 Å². The van der Waals surface area contributed by atoms with E-state index in [1.54, 1.807) is 6.92 Å². The van der Waals surface area contributed by atoms with Crippen molar-refractivity contribution in [3.05, 3.63) is 0 Å². The van der Waals surface area contributed by atoms with E-state index in [9.17, 15) is 4.79 Å². The summed E-state index contributed by atoms with van der Waals surface area (Å²) in [6, 6.07) is 2.09. The molecule has 0 aromatic rings. The maximum absolute atomic E-state index is 10.8. The van der Waals surface area contributed by atoms with Gasteiger partial charge in [0.25, 0.3) is 0 Å². The Balaban J connectivity index is 2.32. The summed E-state index contributed by atoms with van der Waals surface area (Å²) in [5, 5.41) is 17.6. The zero-order valence-electron chi connectivity index (χ0n) is 10.8. The van der Waals surface area contributed by atoms with Gasteiger partial charge in [-0.1, -0.05) is 6.92 Å². The third kappa shape index (κ3) is 5.45. The molecule has 6 nitrogen and oxygen atoms in total. The predicted octanol–water partition coefficient (Wildman–Crippen LogP) is -0.135. The van der Waals surface area contributed by atoms with Crippen LogP contribution in [0.3, 0.4) is 0 Å². The van der Waals surface area contributed by atoms with Gasteiger partial charge in [-0.3, -0.25) is 14.6 Å². The number of morpholine rings is 1. The van der Waals surface area contributed by atoms with Crippen molar-refractivity contribution in [1.29, 1.82) is 5.26 Å². The molecule has 18 heavy (non-hydrogen) atoms. The van der Waals surface area contributed by atoms with Crippen LogP contribution >= 0.6 is 0 Å². The lowest BCUT2D eigenvalue weighted by Gasteiger charge is -2.29. The fraction of sp³-hybridized carbons (Fsp3) is 0.833. The van der Waals surface area contributed by atoms with E-state index in [2.05, 4.69) is 11.0 Å². The number of carboxylic acid groups (broad SMARTS) is 1. The number of hydrogen-bond acceptors (Lipinski definition) is 5. The van der Waals surface area contributed by atoms with E-state index in [1.165, 1.54) is 0 Å². The highest BCUT2D eigenvalue weighted by Gasteiger charge is 2.17. The number of nitrogens with zero attached hydrogens (tertiary/aromatic N) is 3. The predicted molar refractivity (Wildman–Crippen MR) is 66.1 cm³/mol. The molecule has 0 aliphatic carbocycles. The minimum atomic E-state index is -0.815. The first-order chi connectivity index (χ1) is 8.63. The molecule has 1 saturated heterocycles. The summed E-state index contributed by atoms with van der Waals surface area (Å²) in [5.41, 5.74) is 0. The van der Waals surface area contributed by atoms with Gasteiger partial charge in [0.2, 0.25) is 0 Å². The Bertz CT molecular complexity index is 297. The van der Waals surface area contributed by atoms with Crippen LogP contribution in [0.15, 0.2) is 0 Å². The Labute approximate surface area is 108 Å². The van der Waals surface area contributed by atoms with Crippen molar-refractivity contribution in [1.82, 2.24) is 9.80 Å². The number of carboxylic acids is 1. The van der Waals surface area contributed by atoms with Crippen LogP contribution in [0.5, 0.6) is 0 Å². The van der Waals surface area contributed by atoms with Gasteiger partial charge in [0, 0.05) is 32.7 Å². The highest BCUT2D eigenvalue weighted by atomic mass is 16.5. The van der Waals surface area contributed by atoms with E-state index >= 15 is 0 Å². The fourth-order valence-electron chi connectivity index (χ4n) is 1.91. The average molecular weight is 255 g/mol. The van der Waals surface area contributed by atoms with Gasteiger partial charge in [-0.2, -0.15) is 5.26 Å². The second-order valence-electron chi connectivity index (χ2n) is 4.59. The molecule has 6 heteroatoms. The smallest absolute Gasteiger partial charge is 0.307 e. The highest BCUT2D eigenvalue weighted by Crippen LogP contribution is 2.02. The van der Waals surface area contributed by atoms with Crippen LogP contribution in [0.2, 0.25) is 0 Å². The molecule has 102 valence electrons. The van der Waals surface area contributed by atoms with Gasteiger partial charge < -0.3 is 9.84 Å². The van der Waals surface area contributed by atoms with Gasteiger partial charge in [-0.25, -0.2) is 0 Å². The minimum absolute atomic E-state index is 0.280. The Morgan fingerprint density at radius 3 is 2.78 bits per heavy atom. The van der Waals surface area contributed by atoms with Crippen molar-refractivity contribution in [2.45, 2.75) is 6.92 Å². The minimum Gasteiger partial charge on any atom is -0.481 e. The lowest BCUT2D eigenvalue weighted by atomic mass is 10.1. The van der Waals surface area contributed by atoms with E-state index in [-0.39, 0.29) is 6.54 Å². The maximum atomic E-state index is 10.8. The molecule has 0 bridgehead atoms. The number of nitriles is 1. The number of ether oxygens (including phenoxy) is 1. The molecular formula is C12H21N3O3. The number of hydrogen-bond donors (Lipinski definition) is 1. The summed E-state index contributed by atoms with van der Waals surface area (Å²) in [4.78, 5) is 15.0. The summed E-state index contributed by atoms with van der Waals surface area (Å²) >= 11 is 0. The van der Waals surface area contributed by atoms with E-state index in [0.717, 1.165) is 39.4 Å². The first kappa shape index (κ1) is 14.9. The average Bonchev–Trinajstić information content (AvgIpc) is 2.37. The Morgan fingerprint density at radius 1 is 1.56 bits per heavy atom. The van der Waals surface area contributed by atoms with Gasteiger partial charge in [-0.05, 0) is 0 Å². The zero-order chi connectivity index (χ0) is 13.4. The van der Waals surface area contributed by atoms with Crippen LogP contribution in [0.1, 0.15) is 6.92 Å². The molecule has 1 heterocycles. The topological polar surface area (TPSA) is 76.8 Å². The van der Waals surface area contributed by atoms with Crippen LogP contribution in [0.25, 0.3) is 0 Å². The fourth-order valence-corrected chi connectivity index (χ4v) is 1.91. The van der Waals surface area contributed by atoms with E-state index in [0.29, 0.717) is 6.54 Å². The molecule has 0 amide bonds. The molecule has 1 unspecified atom stereocenters. The van der Waals surface area contributed by atoms with Crippen LogP contribution < -0.4 is 0 Å². The van der Waals surface area contributed by atoms with Crippen molar-refractivity contribution in [2.75, 3.05) is 52.5 Å². The van der Waals surface area contributed by atoms with Gasteiger partial charge in [-0.15, -0.1) is 0 Å². The largest absolute Gasteiger partial charge is 0.481 e. The molecule has 1 aliphatic heterocycles. The molecule has 0 saturated carbocycles.